The summed E-state index contributed by atoms with van der Waals surface area (Å²) in [5, 5.41) is 3.68. The average Bonchev–Trinajstić information content (AvgIpc) is 2.39. The van der Waals surface area contributed by atoms with Gasteiger partial charge in [0.25, 0.3) is 0 Å². The number of benzene rings is 1. The van der Waals surface area contributed by atoms with Crippen molar-refractivity contribution in [1.29, 1.82) is 0 Å². The summed E-state index contributed by atoms with van der Waals surface area (Å²) in [6, 6.07) is 9.36. The van der Waals surface area contributed by atoms with Crippen molar-refractivity contribution in [3.8, 4) is 5.75 Å². The SMILES string of the molecule is CCOc1ccccc1N1CC(C(C)(C)C)NCC1C. The molecule has 0 bridgehead atoms. The Hall–Kier alpha value is -1.22. The predicted octanol–water partition coefficient (Wildman–Crippen LogP) is 3.30. The molecule has 0 saturated carbocycles. The fraction of sp³-hybridized carbons (Fsp3) is 0.647. The quantitative estimate of drug-likeness (QED) is 0.917. The van der Waals surface area contributed by atoms with E-state index in [1.807, 2.05) is 13.0 Å². The molecule has 1 N–H and O–H groups in total. The lowest BCUT2D eigenvalue weighted by Crippen LogP contribution is -2.59. The lowest BCUT2D eigenvalue weighted by molar-refractivity contribution is 0.237. The van der Waals surface area contributed by atoms with Crippen molar-refractivity contribution in [3.63, 3.8) is 0 Å². The molecule has 0 spiro atoms. The van der Waals surface area contributed by atoms with Crippen LogP contribution in [0.25, 0.3) is 0 Å². The summed E-state index contributed by atoms with van der Waals surface area (Å²) in [5.41, 5.74) is 1.48. The average molecular weight is 276 g/mol. The third-order valence-corrected chi connectivity index (χ3v) is 4.09. The van der Waals surface area contributed by atoms with Gasteiger partial charge in [-0.2, -0.15) is 0 Å². The topological polar surface area (TPSA) is 24.5 Å². The Labute approximate surface area is 123 Å². The first-order valence-corrected chi connectivity index (χ1v) is 7.65. The zero-order chi connectivity index (χ0) is 14.8. The maximum absolute atomic E-state index is 5.80. The smallest absolute Gasteiger partial charge is 0.142 e. The van der Waals surface area contributed by atoms with Crippen molar-refractivity contribution in [1.82, 2.24) is 5.32 Å². The molecule has 1 heterocycles. The van der Waals surface area contributed by atoms with Crippen LogP contribution in [0.1, 0.15) is 34.6 Å². The second-order valence-corrected chi connectivity index (χ2v) is 6.73. The summed E-state index contributed by atoms with van der Waals surface area (Å²) < 4.78 is 5.80. The molecule has 1 aliphatic heterocycles. The molecule has 1 aromatic carbocycles. The highest BCUT2D eigenvalue weighted by molar-refractivity contribution is 5.59. The first kappa shape index (κ1) is 15.2. The first-order valence-electron chi connectivity index (χ1n) is 7.65. The molecule has 0 aliphatic carbocycles. The Morgan fingerprint density at radius 3 is 2.65 bits per heavy atom. The van der Waals surface area contributed by atoms with Crippen LogP contribution in [0.4, 0.5) is 5.69 Å². The summed E-state index contributed by atoms with van der Waals surface area (Å²) in [4.78, 5) is 2.48. The Morgan fingerprint density at radius 2 is 2.00 bits per heavy atom. The van der Waals surface area contributed by atoms with Gasteiger partial charge >= 0.3 is 0 Å². The van der Waals surface area contributed by atoms with E-state index in [4.69, 9.17) is 4.74 Å². The van der Waals surface area contributed by atoms with Gasteiger partial charge in [0, 0.05) is 25.2 Å². The van der Waals surface area contributed by atoms with Crippen LogP contribution in [-0.4, -0.2) is 31.8 Å². The largest absolute Gasteiger partial charge is 0.492 e. The van der Waals surface area contributed by atoms with Gasteiger partial charge in [-0.15, -0.1) is 0 Å². The van der Waals surface area contributed by atoms with E-state index in [0.717, 1.165) is 18.8 Å². The fourth-order valence-electron chi connectivity index (χ4n) is 2.75. The van der Waals surface area contributed by atoms with E-state index in [2.05, 4.69) is 56.1 Å². The van der Waals surface area contributed by atoms with E-state index < -0.39 is 0 Å². The molecule has 3 nitrogen and oxygen atoms in total. The third kappa shape index (κ3) is 3.26. The van der Waals surface area contributed by atoms with Crippen LogP contribution >= 0.6 is 0 Å². The Kier molecular flexibility index (Phi) is 4.59. The van der Waals surface area contributed by atoms with Crippen molar-refractivity contribution in [2.24, 2.45) is 5.41 Å². The van der Waals surface area contributed by atoms with Crippen molar-refractivity contribution < 1.29 is 4.74 Å². The van der Waals surface area contributed by atoms with E-state index in [1.54, 1.807) is 0 Å². The Morgan fingerprint density at radius 1 is 1.30 bits per heavy atom. The lowest BCUT2D eigenvalue weighted by Gasteiger charge is -2.45. The molecule has 0 radical (unpaired) electrons. The molecular formula is C17H28N2O. The minimum atomic E-state index is 0.263. The molecule has 0 amide bonds. The highest BCUT2D eigenvalue weighted by Crippen LogP contribution is 2.33. The highest BCUT2D eigenvalue weighted by atomic mass is 16.5. The molecule has 1 aliphatic rings. The fourth-order valence-corrected chi connectivity index (χ4v) is 2.75. The van der Waals surface area contributed by atoms with Crippen LogP contribution in [-0.2, 0) is 0 Å². The van der Waals surface area contributed by atoms with Crippen molar-refractivity contribution >= 4 is 5.69 Å². The van der Waals surface area contributed by atoms with E-state index in [0.29, 0.717) is 18.7 Å². The maximum Gasteiger partial charge on any atom is 0.142 e. The zero-order valence-electron chi connectivity index (χ0n) is 13.4. The zero-order valence-corrected chi connectivity index (χ0v) is 13.4. The van der Waals surface area contributed by atoms with Gasteiger partial charge in [0.2, 0.25) is 0 Å². The monoisotopic (exact) mass is 276 g/mol. The number of hydrogen-bond donors (Lipinski definition) is 1. The molecule has 1 fully saturated rings. The molecule has 3 heteroatoms. The van der Waals surface area contributed by atoms with E-state index >= 15 is 0 Å². The van der Waals surface area contributed by atoms with Crippen LogP contribution in [0.3, 0.4) is 0 Å². The molecule has 20 heavy (non-hydrogen) atoms. The molecule has 2 rings (SSSR count). The number of para-hydroxylation sites is 2. The van der Waals surface area contributed by atoms with E-state index in [9.17, 15) is 0 Å². The van der Waals surface area contributed by atoms with E-state index in [1.165, 1.54) is 5.69 Å². The van der Waals surface area contributed by atoms with Crippen LogP contribution < -0.4 is 15.0 Å². The number of ether oxygens (including phenoxy) is 1. The van der Waals surface area contributed by atoms with Crippen molar-refractivity contribution in [2.45, 2.75) is 46.7 Å². The highest BCUT2D eigenvalue weighted by Gasteiger charge is 2.33. The summed E-state index contributed by atoms with van der Waals surface area (Å²) in [6.07, 6.45) is 0. The number of anilines is 1. The van der Waals surface area contributed by atoms with Gasteiger partial charge in [-0.1, -0.05) is 32.9 Å². The number of hydrogen-bond acceptors (Lipinski definition) is 3. The Balaban J connectivity index is 2.25. The van der Waals surface area contributed by atoms with Gasteiger partial charge in [-0.25, -0.2) is 0 Å². The van der Waals surface area contributed by atoms with Gasteiger partial charge in [-0.05, 0) is 31.4 Å². The molecule has 0 aromatic heterocycles. The minimum absolute atomic E-state index is 0.263. The number of nitrogens with zero attached hydrogens (tertiary/aromatic N) is 1. The molecule has 1 saturated heterocycles. The molecule has 112 valence electrons. The van der Waals surface area contributed by atoms with Gasteiger partial charge in [0.05, 0.1) is 12.3 Å². The summed E-state index contributed by atoms with van der Waals surface area (Å²) in [7, 11) is 0. The predicted molar refractivity (Wildman–Crippen MR) is 85.7 cm³/mol. The van der Waals surface area contributed by atoms with Crippen LogP contribution in [0.15, 0.2) is 24.3 Å². The minimum Gasteiger partial charge on any atom is -0.492 e. The Bertz CT molecular complexity index is 439. The van der Waals surface area contributed by atoms with Crippen LogP contribution in [0.2, 0.25) is 0 Å². The van der Waals surface area contributed by atoms with Gasteiger partial charge in [0.15, 0.2) is 0 Å². The summed E-state index contributed by atoms with van der Waals surface area (Å²) >= 11 is 0. The number of rotatable bonds is 3. The lowest BCUT2D eigenvalue weighted by atomic mass is 9.84. The van der Waals surface area contributed by atoms with Gasteiger partial charge in [0.1, 0.15) is 5.75 Å². The van der Waals surface area contributed by atoms with Gasteiger partial charge < -0.3 is 15.0 Å². The van der Waals surface area contributed by atoms with Crippen molar-refractivity contribution in [3.05, 3.63) is 24.3 Å². The van der Waals surface area contributed by atoms with Crippen LogP contribution in [0, 0.1) is 5.41 Å². The maximum atomic E-state index is 5.80. The molecule has 2 unspecified atom stereocenters. The van der Waals surface area contributed by atoms with Crippen LogP contribution in [0.5, 0.6) is 5.75 Å². The third-order valence-electron chi connectivity index (χ3n) is 4.09. The number of nitrogens with one attached hydrogen (secondary N) is 1. The normalized spacial score (nSPS) is 23.8. The second-order valence-electron chi connectivity index (χ2n) is 6.73. The summed E-state index contributed by atoms with van der Waals surface area (Å²) in [6.45, 7) is 14.0. The standard InChI is InChI=1S/C17H28N2O/c1-6-20-15-10-8-7-9-14(15)19-12-16(17(3,4)5)18-11-13(19)2/h7-10,13,16,18H,6,11-12H2,1-5H3. The summed E-state index contributed by atoms with van der Waals surface area (Å²) in [5.74, 6) is 0.997. The first-order chi connectivity index (χ1) is 9.43. The molecule has 1 aromatic rings. The van der Waals surface area contributed by atoms with Crippen molar-refractivity contribution in [2.75, 3.05) is 24.6 Å². The second kappa shape index (κ2) is 6.04. The van der Waals surface area contributed by atoms with E-state index in [-0.39, 0.29) is 5.41 Å². The molecular weight excluding hydrogens is 248 g/mol. The molecule has 2 atom stereocenters. The number of piperazine rings is 1. The van der Waals surface area contributed by atoms with Gasteiger partial charge in [-0.3, -0.25) is 0 Å².